The molecule has 3 rings (SSSR count). The maximum absolute atomic E-state index is 5.84. The van der Waals surface area contributed by atoms with Crippen LogP contribution in [-0.2, 0) is 6.54 Å². The molecule has 110 valence electrons. The molecule has 0 amide bonds. The van der Waals surface area contributed by atoms with Crippen LogP contribution in [0, 0.1) is 0 Å². The predicted octanol–water partition coefficient (Wildman–Crippen LogP) is 2.75. The standard InChI is InChI=1S/C16H19BrN4/c17-14-4-5-16(19-11-14)21-8-6-20(7-9-21)12-13-2-1-3-15(18)10-13/h1-5,10-11H,6-9,12,18H2. The van der Waals surface area contributed by atoms with Gasteiger partial charge in [-0.15, -0.1) is 0 Å². The molecule has 1 aromatic carbocycles. The van der Waals surface area contributed by atoms with Crippen LogP contribution in [0.5, 0.6) is 0 Å². The van der Waals surface area contributed by atoms with Crippen LogP contribution in [0.15, 0.2) is 47.1 Å². The minimum atomic E-state index is 0.838. The zero-order valence-electron chi connectivity index (χ0n) is 11.9. The number of rotatable bonds is 3. The number of nitrogens with zero attached hydrogens (tertiary/aromatic N) is 3. The van der Waals surface area contributed by atoms with Gasteiger partial charge >= 0.3 is 0 Å². The number of nitrogens with two attached hydrogens (primary N) is 1. The Labute approximate surface area is 133 Å². The van der Waals surface area contributed by atoms with Gasteiger partial charge in [-0.25, -0.2) is 4.98 Å². The molecule has 1 aromatic heterocycles. The first-order chi connectivity index (χ1) is 10.2. The molecule has 4 nitrogen and oxygen atoms in total. The molecule has 1 saturated heterocycles. The second-order valence-electron chi connectivity index (χ2n) is 5.34. The molecular formula is C16H19BrN4. The van der Waals surface area contributed by atoms with Gasteiger partial charge < -0.3 is 10.6 Å². The molecule has 1 aliphatic rings. The van der Waals surface area contributed by atoms with Crippen LogP contribution in [0.25, 0.3) is 0 Å². The lowest BCUT2D eigenvalue weighted by atomic mass is 10.2. The topological polar surface area (TPSA) is 45.4 Å². The minimum Gasteiger partial charge on any atom is -0.399 e. The molecular weight excluding hydrogens is 328 g/mol. The summed E-state index contributed by atoms with van der Waals surface area (Å²) in [5.74, 6) is 1.06. The van der Waals surface area contributed by atoms with E-state index in [1.807, 2.05) is 24.4 Å². The quantitative estimate of drug-likeness (QED) is 0.868. The van der Waals surface area contributed by atoms with E-state index in [1.54, 1.807) is 0 Å². The number of benzene rings is 1. The van der Waals surface area contributed by atoms with E-state index in [2.05, 4.69) is 48.9 Å². The summed E-state index contributed by atoms with van der Waals surface area (Å²) in [6.07, 6.45) is 1.86. The lowest BCUT2D eigenvalue weighted by molar-refractivity contribution is 0.249. The van der Waals surface area contributed by atoms with Crippen molar-refractivity contribution in [2.24, 2.45) is 0 Å². The van der Waals surface area contributed by atoms with E-state index in [0.29, 0.717) is 0 Å². The van der Waals surface area contributed by atoms with Gasteiger partial charge in [-0.3, -0.25) is 4.90 Å². The Morgan fingerprint density at radius 1 is 1.10 bits per heavy atom. The molecule has 1 fully saturated rings. The van der Waals surface area contributed by atoms with E-state index in [-0.39, 0.29) is 0 Å². The zero-order valence-corrected chi connectivity index (χ0v) is 13.5. The predicted molar refractivity (Wildman–Crippen MR) is 90.3 cm³/mol. The fraction of sp³-hybridized carbons (Fsp3) is 0.312. The highest BCUT2D eigenvalue weighted by Gasteiger charge is 2.17. The Hall–Kier alpha value is -1.59. The third-order valence-corrected chi connectivity index (χ3v) is 4.23. The maximum Gasteiger partial charge on any atom is 0.128 e. The molecule has 0 unspecified atom stereocenters. The molecule has 0 bridgehead atoms. The Morgan fingerprint density at radius 3 is 2.57 bits per heavy atom. The molecule has 0 saturated carbocycles. The highest BCUT2D eigenvalue weighted by atomic mass is 79.9. The van der Waals surface area contributed by atoms with Gasteiger partial charge in [0.2, 0.25) is 0 Å². The summed E-state index contributed by atoms with van der Waals surface area (Å²) in [5.41, 5.74) is 7.96. The fourth-order valence-corrected chi connectivity index (χ4v) is 2.87. The average molecular weight is 347 g/mol. The Balaban J connectivity index is 1.56. The number of piperazine rings is 1. The third-order valence-electron chi connectivity index (χ3n) is 3.77. The summed E-state index contributed by atoms with van der Waals surface area (Å²) >= 11 is 3.42. The van der Waals surface area contributed by atoms with Crippen LogP contribution in [0.2, 0.25) is 0 Å². The van der Waals surface area contributed by atoms with Gasteiger partial charge in [0, 0.05) is 49.1 Å². The largest absolute Gasteiger partial charge is 0.399 e. The van der Waals surface area contributed by atoms with Gasteiger partial charge in [-0.05, 0) is 45.8 Å². The summed E-state index contributed by atoms with van der Waals surface area (Å²) in [5, 5.41) is 0. The fourth-order valence-electron chi connectivity index (χ4n) is 2.64. The summed E-state index contributed by atoms with van der Waals surface area (Å²) in [6.45, 7) is 5.08. The lowest BCUT2D eigenvalue weighted by Crippen LogP contribution is -2.46. The minimum absolute atomic E-state index is 0.838. The summed E-state index contributed by atoms with van der Waals surface area (Å²) < 4.78 is 1.02. The summed E-state index contributed by atoms with van der Waals surface area (Å²) in [6, 6.07) is 12.3. The van der Waals surface area contributed by atoms with Gasteiger partial charge in [0.15, 0.2) is 0 Å². The number of hydrogen-bond donors (Lipinski definition) is 1. The molecule has 2 aromatic rings. The molecule has 0 atom stereocenters. The van der Waals surface area contributed by atoms with Crippen LogP contribution < -0.4 is 10.6 Å². The van der Waals surface area contributed by atoms with Crippen LogP contribution in [0.4, 0.5) is 11.5 Å². The van der Waals surface area contributed by atoms with Crippen molar-refractivity contribution in [2.75, 3.05) is 36.8 Å². The molecule has 2 heterocycles. The number of nitrogen functional groups attached to an aromatic ring is 1. The normalized spacial score (nSPS) is 16.1. The van der Waals surface area contributed by atoms with E-state index in [0.717, 1.165) is 48.7 Å². The molecule has 5 heteroatoms. The van der Waals surface area contributed by atoms with E-state index in [9.17, 15) is 0 Å². The number of halogens is 1. The SMILES string of the molecule is Nc1cccc(CN2CCN(c3ccc(Br)cn3)CC2)c1. The number of anilines is 2. The number of aromatic nitrogens is 1. The van der Waals surface area contributed by atoms with Gasteiger partial charge in [0.1, 0.15) is 5.82 Å². The Morgan fingerprint density at radius 2 is 1.90 bits per heavy atom. The van der Waals surface area contributed by atoms with Crippen molar-refractivity contribution in [2.45, 2.75) is 6.54 Å². The number of hydrogen-bond acceptors (Lipinski definition) is 4. The van der Waals surface area contributed by atoms with Gasteiger partial charge in [0.25, 0.3) is 0 Å². The van der Waals surface area contributed by atoms with E-state index < -0.39 is 0 Å². The van der Waals surface area contributed by atoms with E-state index in [4.69, 9.17) is 5.73 Å². The van der Waals surface area contributed by atoms with Crippen molar-refractivity contribution < 1.29 is 0 Å². The van der Waals surface area contributed by atoms with Crippen LogP contribution in [-0.4, -0.2) is 36.1 Å². The van der Waals surface area contributed by atoms with Crippen molar-refractivity contribution in [3.63, 3.8) is 0 Å². The molecule has 0 spiro atoms. The zero-order chi connectivity index (χ0) is 14.7. The Kier molecular flexibility index (Phi) is 4.41. The smallest absolute Gasteiger partial charge is 0.128 e. The maximum atomic E-state index is 5.84. The number of pyridine rings is 1. The Bertz CT molecular complexity index is 591. The second kappa shape index (κ2) is 6.45. The molecule has 21 heavy (non-hydrogen) atoms. The molecule has 0 aliphatic carbocycles. The van der Waals surface area contributed by atoms with Crippen molar-refractivity contribution >= 4 is 27.4 Å². The van der Waals surface area contributed by atoms with Crippen LogP contribution in [0.1, 0.15) is 5.56 Å². The first-order valence-corrected chi connectivity index (χ1v) is 7.93. The molecule has 0 radical (unpaired) electrons. The van der Waals surface area contributed by atoms with Gasteiger partial charge in [-0.2, -0.15) is 0 Å². The van der Waals surface area contributed by atoms with Gasteiger partial charge in [-0.1, -0.05) is 12.1 Å². The first-order valence-electron chi connectivity index (χ1n) is 7.14. The van der Waals surface area contributed by atoms with Crippen molar-refractivity contribution in [3.8, 4) is 0 Å². The first kappa shape index (κ1) is 14.4. The van der Waals surface area contributed by atoms with Crippen molar-refractivity contribution in [3.05, 3.63) is 52.6 Å². The third kappa shape index (κ3) is 3.74. The van der Waals surface area contributed by atoms with Crippen LogP contribution in [0.3, 0.4) is 0 Å². The summed E-state index contributed by atoms with van der Waals surface area (Å²) in [7, 11) is 0. The van der Waals surface area contributed by atoms with E-state index in [1.165, 1.54) is 5.56 Å². The monoisotopic (exact) mass is 346 g/mol. The van der Waals surface area contributed by atoms with Crippen molar-refractivity contribution in [1.29, 1.82) is 0 Å². The van der Waals surface area contributed by atoms with E-state index >= 15 is 0 Å². The molecule has 1 aliphatic heterocycles. The van der Waals surface area contributed by atoms with Crippen molar-refractivity contribution in [1.82, 2.24) is 9.88 Å². The van der Waals surface area contributed by atoms with Crippen LogP contribution >= 0.6 is 15.9 Å². The lowest BCUT2D eigenvalue weighted by Gasteiger charge is -2.35. The summed E-state index contributed by atoms with van der Waals surface area (Å²) in [4.78, 5) is 9.26. The molecule has 2 N–H and O–H groups in total. The average Bonchev–Trinajstić information content (AvgIpc) is 2.49. The van der Waals surface area contributed by atoms with Gasteiger partial charge in [0.05, 0.1) is 0 Å². The second-order valence-corrected chi connectivity index (χ2v) is 6.26. The highest BCUT2D eigenvalue weighted by molar-refractivity contribution is 9.10. The highest BCUT2D eigenvalue weighted by Crippen LogP contribution is 2.17.